The summed E-state index contributed by atoms with van der Waals surface area (Å²) in [6.07, 6.45) is 1.19. The monoisotopic (exact) mass is 362 g/mol. The van der Waals surface area contributed by atoms with E-state index in [0.29, 0.717) is 37.0 Å². The van der Waals surface area contributed by atoms with Gasteiger partial charge in [-0.3, -0.25) is 9.59 Å². The summed E-state index contributed by atoms with van der Waals surface area (Å²) < 4.78 is 16.5. The van der Waals surface area contributed by atoms with Gasteiger partial charge in [0.2, 0.25) is 5.91 Å². The van der Waals surface area contributed by atoms with E-state index in [1.165, 1.54) is 6.92 Å². The van der Waals surface area contributed by atoms with Crippen LogP contribution in [0.25, 0.3) is 0 Å². The topological polar surface area (TPSA) is 85.9 Å². The number of hydrogen-bond acceptors (Lipinski definition) is 5. The summed E-state index contributed by atoms with van der Waals surface area (Å²) in [7, 11) is 1.67. The Kier molecular flexibility index (Phi) is 6.11. The molecule has 0 radical (unpaired) electrons. The van der Waals surface area contributed by atoms with E-state index in [0.717, 1.165) is 13.0 Å². The Balaban J connectivity index is 1.51. The maximum atomic E-state index is 12.6. The highest BCUT2D eigenvalue weighted by Crippen LogP contribution is 2.43. The normalized spacial score (nSPS) is 26.5. The first kappa shape index (κ1) is 18.7. The predicted octanol–water partition coefficient (Wildman–Crippen LogP) is 0.981. The maximum absolute atomic E-state index is 12.6. The van der Waals surface area contributed by atoms with Crippen molar-refractivity contribution in [3.8, 4) is 5.75 Å². The summed E-state index contributed by atoms with van der Waals surface area (Å²) in [6, 6.07) is 7.11. The molecule has 2 aliphatic rings. The molecule has 7 nitrogen and oxygen atoms in total. The van der Waals surface area contributed by atoms with E-state index in [4.69, 9.17) is 14.2 Å². The van der Waals surface area contributed by atoms with Crippen LogP contribution in [0.3, 0.4) is 0 Å². The molecule has 4 atom stereocenters. The minimum Gasteiger partial charge on any atom is -0.492 e. The first-order valence-electron chi connectivity index (χ1n) is 8.99. The van der Waals surface area contributed by atoms with Crippen molar-refractivity contribution in [2.45, 2.75) is 25.5 Å². The molecule has 1 heterocycles. The molecular weight excluding hydrogens is 336 g/mol. The molecule has 1 saturated carbocycles. The second-order valence-electron chi connectivity index (χ2n) is 6.76. The molecule has 3 rings (SSSR count). The number of carbonyl (C=O) groups excluding carboxylic acids is 2. The van der Waals surface area contributed by atoms with Gasteiger partial charge < -0.3 is 24.8 Å². The molecule has 0 bridgehead atoms. The average Bonchev–Trinajstić information content (AvgIpc) is 3.06. The van der Waals surface area contributed by atoms with E-state index in [9.17, 15) is 9.59 Å². The second kappa shape index (κ2) is 8.51. The fourth-order valence-corrected chi connectivity index (χ4v) is 3.77. The lowest BCUT2D eigenvalue weighted by atomic mass is 9.67. The zero-order valence-electron chi connectivity index (χ0n) is 15.2. The molecular formula is C19H26N2O5. The smallest absolute Gasteiger partial charge is 0.251 e. The molecule has 7 heteroatoms. The highest BCUT2D eigenvalue weighted by atomic mass is 16.5. The van der Waals surface area contributed by atoms with E-state index < -0.39 is 0 Å². The lowest BCUT2D eigenvalue weighted by Gasteiger charge is -2.47. The third-order valence-electron chi connectivity index (χ3n) is 5.05. The van der Waals surface area contributed by atoms with Gasteiger partial charge in [0.15, 0.2) is 0 Å². The van der Waals surface area contributed by atoms with Crippen LogP contribution < -0.4 is 15.4 Å². The van der Waals surface area contributed by atoms with Crippen molar-refractivity contribution < 1.29 is 23.8 Å². The SMILES string of the molecule is COC[C@@H]1[C@@H](NC(=O)c2ccc(OCCNC(C)=O)cc2)[C@@H]2CCO[C@H]12. The number of carbonyl (C=O) groups is 2. The molecule has 0 unspecified atom stereocenters. The van der Waals surface area contributed by atoms with Crippen molar-refractivity contribution in [2.75, 3.05) is 33.5 Å². The molecule has 1 aliphatic carbocycles. The molecule has 1 aromatic carbocycles. The lowest BCUT2D eigenvalue weighted by molar-refractivity contribution is -0.119. The van der Waals surface area contributed by atoms with Crippen LogP contribution in [0.2, 0.25) is 0 Å². The first-order valence-corrected chi connectivity index (χ1v) is 8.99. The number of benzene rings is 1. The van der Waals surface area contributed by atoms with Crippen LogP contribution in [0.1, 0.15) is 23.7 Å². The fraction of sp³-hybridized carbons (Fsp3) is 0.579. The van der Waals surface area contributed by atoms with Gasteiger partial charge in [0.1, 0.15) is 12.4 Å². The first-order chi connectivity index (χ1) is 12.6. The lowest BCUT2D eigenvalue weighted by Crippen LogP contribution is -2.62. The summed E-state index contributed by atoms with van der Waals surface area (Å²) in [6.45, 7) is 3.64. The van der Waals surface area contributed by atoms with Gasteiger partial charge >= 0.3 is 0 Å². The highest BCUT2D eigenvalue weighted by Gasteiger charge is 2.54. The van der Waals surface area contributed by atoms with Crippen LogP contribution in [0.4, 0.5) is 0 Å². The number of hydrogen-bond donors (Lipinski definition) is 2. The molecule has 2 fully saturated rings. The van der Waals surface area contributed by atoms with E-state index in [1.807, 2.05) is 0 Å². The highest BCUT2D eigenvalue weighted by molar-refractivity contribution is 5.94. The van der Waals surface area contributed by atoms with E-state index in [-0.39, 0.29) is 29.9 Å². The summed E-state index contributed by atoms with van der Waals surface area (Å²) in [5.74, 6) is 1.09. The molecule has 2 amide bonds. The molecule has 0 spiro atoms. The number of nitrogens with one attached hydrogen (secondary N) is 2. The summed E-state index contributed by atoms with van der Waals surface area (Å²) >= 11 is 0. The van der Waals surface area contributed by atoms with Gasteiger partial charge in [-0.1, -0.05) is 0 Å². The fourth-order valence-electron chi connectivity index (χ4n) is 3.77. The van der Waals surface area contributed by atoms with E-state index in [2.05, 4.69) is 10.6 Å². The Morgan fingerprint density at radius 2 is 2.04 bits per heavy atom. The van der Waals surface area contributed by atoms with Gasteiger partial charge in [0.25, 0.3) is 5.91 Å². The van der Waals surface area contributed by atoms with Crippen molar-refractivity contribution in [1.82, 2.24) is 10.6 Å². The Bertz CT molecular complexity index is 633. The zero-order chi connectivity index (χ0) is 18.5. The summed E-state index contributed by atoms with van der Waals surface area (Å²) in [4.78, 5) is 23.4. The van der Waals surface area contributed by atoms with Gasteiger partial charge in [0, 0.05) is 44.1 Å². The van der Waals surface area contributed by atoms with Gasteiger partial charge in [-0.05, 0) is 30.7 Å². The Labute approximate surface area is 153 Å². The molecule has 26 heavy (non-hydrogen) atoms. The molecule has 2 N–H and O–H groups in total. The number of amides is 2. The van der Waals surface area contributed by atoms with Crippen LogP contribution in [-0.4, -0.2) is 57.4 Å². The van der Waals surface area contributed by atoms with Crippen LogP contribution in [0.15, 0.2) is 24.3 Å². The number of fused-ring (bicyclic) bond motifs is 1. The van der Waals surface area contributed by atoms with Gasteiger partial charge in [-0.25, -0.2) is 0 Å². The zero-order valence-corrected chi connectivity index (χ0v) is 15.2. The quantitative estimate of drug-likeness (QED) is 0.674. The summed E-state index contributed by atoms with van der Waals surface area (Å²) in [5.41, 5.74) is 0.595. The predicted molar refractivity (Wildman–Crippen MR) is 95.1 cm³/mol. The van der Waals surface area contributed by atoms with Crippen LogP contribution >= 0.6 is 0 Å². The standard InChI is InChI=1S/C19H26N2O5/c1-12(22)20-8-10-25-14-5-3-13(4-6-14)19(23)21-17-15-7-9-26-18(15)16(17)11-24-2/h3-6,15-18H,7-11H2,1-2H3,(H,20,22)(H,21,23)/t15-,16+,17-,18-/m0/s1. The van der Waals surface area contributed by atoms with Gasteiger partial charge in [0.05, 0.1) is 19.3 Å². The third-order valence-corrected chi connectivity index (χ3v) is 5.05. The van der Waals surface area contributed by atoms with Crippen molar-refractivity contribution in [3.05, 3.63) is 29.8 Å². The molecule has 0 aromatic heterocycles. The maximum Gasteiger partial charge on any atom is 0.251 e. The van der Waals surface area contributed by atoms with Crippen LogP contribution in [-0.2, 0) is 14.3 Å². The van der Waals surface area contributed by atoms with E-state index in [1.54, 1.807) is 31.4 Å². The minimum atomic E-state index is -0.0914. The minimum absolute atomic E-state index is 0.0849. The Morgan fingerprint density at radius 3 is 2.73 bits per heavy atom. The van der Waals surface area contributed by atoms with Crippen LogP contribution in [0.5, 0.6) is 5.75 Å². The van der Waals surface area contributed by atoms with Crippen molar-refractivity contribution in [3.63, 3.8) is 0 Å². The van der Waals surface area contributed by atoms with Crippen molar-refractivity contribution >= 4 is 11.8 Å². The van der Waals surface area contributed by atoms with Crippen molar-refractivity contribution in [1.29, 1.82) is 0 Å². The number of ether oxygens (including phenoxy) is 3. The number of rotatable bonds is 8. The van der Waals surface area contributed by atoms with E-state index >= 15 is 0 Å². The molecule has 142 valence electrons. The van der Waals surface area contributed by atoms with Crippen molar-refractivity contribution in [2.24, 2.45) is 11.8 Å². The largest absolute Gasteiger partial charge is 0.492 e. The van der Waals surface area contributed by atoms with Gasteiger partial charge in [-0.15, -0.1) is 0 Å². The number of methoxy groups -OCH3 is 1. The third kappa shape index (κ3) is 4.16. The summed E-state index contributed by atoms with van der Waals surface area (Å²) in [5, 5.41) is 5.80. The molecule has 1 saturated heterocycles. The molecule has 1 aromatic rings. The average molecular weight is 362 g/mol. The Morgan fingerprint density at radius 1 is 1.27 bits per heavy atom. The Hall–Kier alpha value is -2.12. The van der Waals surface area contributed by atoms with Gasteiger partial charge in [-0.2, -0.15) is 0 Å². The second-order valence-corrected chi connectivity index (χ2v) is 6.76. The molecule has 1 aliphatic heterocycles. The van der Waals surface area contributed by atoms with Crippen LogP contribution in [0, 0.1) is 11.8 Å².